The first-order valence-corrected chi connectivity index (χ1v) is 35.9. The molecule has 99 heavy (non-hydrogen) atoms. The summed E-state index contributed by atoms with van der Waals surface area (Å²) in [5.74, 6) is 2.88. The number of halogens is 2. The second kappa shape index (κ2) is 47.7. The molecule has 0 fully saturated rings. The van der Waals surface area contributed by atoms with Crippen molar-refractivity contribution in [2.45, 2.75) is 54.9 Å². The summed E-state index contributed by atoms with van der Waals surface area (Å²) >= 11 is 12.4. The fourth-order valence-electron chi connectivity index (χ4n) is 9.97. The number of phenols is 1. The van der Waals surface area contributed by atoms with Crippen molar-refractivity contribution in [3.05, 3.63) is 299 Å². The fraction of sp³-hybridized carbons (Fsp3) is 0.131. The number of aromatic hydroxyl groups is 1. The third-order valence-electron chi connectivity index (χ3n) is 14.8. The molecular formula is C84H84BBr2O6Pr3S3-. The van der Waals surface area contributed by atoms with Gasteiger partial charge in [0.2, 0.25) is 0 Å². The number of aryl methyl sites for hydroxylation is 1. The van der Waals surface area contributed by atoms with E-state index >= 15 is 0 Å². The van der Waals surface area contributed by atoms with Gasteiger partial charge < -0.3 is 36.8 Å². The first kappa shape index (κ1) is 88.8. The Bertz CT molecular complexity index is 4510. The Balaban J connectivity index is 0.000000320. The van der Waals surface area contributed by atoms with E-state index in [1.165, 1.54) is 84.1 Å². The maximum absolute atomic E-state index is 9.43. The molecule has 6 nitrogen and oxygen atoms in total. The topological polar surface area (TPSA) is 88.4 Å². The molecule has 3 radical (unpaired) electrons. The molecular weight excluding hydrogens is 1790 g/mol. The number of thiophene rings is 3. The normalized spacial score (nSPS) is 9.68. The molecule has 11 aromatic carbocycles. The Morgan fingerprint density at radius 1 is 0.364 bits per heavy atom. The summed E-state index contributed by atoms with van der Waals surface area (Å²) in [7, 11) is 3.58. The quantitative estimate of drug-likeness (QED) is 0.0883. The van der Waals surface area contributed by atoms with Gasteiger partial charge >= 0.3 is 7.12 Å². The first-order chi connectivity index (χ1) is 46.5. The van der Waals surface area contributed by atoms with Crippen LogP contribution in [0.25, 0.3) is 97.0 Å². The molecule has 0 aliphatic heterocycles. The summed E-state index contributed by atoms with van der Waals surface area (Å²) in [6, 6.07) is 89.7. The third-order valence-corrected chi connectivity index (χ3v) is 19.5. The van der Waals surface area contributed by atoms with Crippen LogP contribution in [-0.4, -0.2) is 43.6 Å². The number of ether oxygens (including phenoxy) is 3. The summed E-state index contributed by atoms with van der Waals surface area (Å²) in [4.78, 5) is 1.44. The number of hydrogen-bond acceptors (Lipinski definition) is 9. The maximum atomic E-state index is 9.43. The molecule has 14 aromatic rings. The Morgan fingerprint density at radius 2 is 0.677 bits per heavy atom. The first-order valence-electron chi connectivity index (χ1n) is 31.7. The number of phenolic OH excluding ortho intramolecular Hbond substituents is 1. The second-order valence-corrected chi connectivity index (χ2v) is 25.1. The van der Waals surface area contributed by atoms with Crippen LogP contribution < -0.4 is 19.7 Å². The number of hydrogen-bond donors (Lipinski definition) is 3. The van der Waals surface area contributed by atoms with Gasteiger partial charge in [0, 0.05) is 184 Å². The Kier molecular flexibility index (Phi) is 42.8. The van der Waals surface area contributed by atoms with E-state index < -0.39 is 7.12 Å². The molecule has 0 unspecified atom stereocenters. The van der Waals surface area contributed by atoms with E-state index in [0.29, 0.717) is 11.2 Å². The smallest absolute Gasteiger partial charge is 0.488 e. The van der Waals surface area contributed by atoms with Crippen molar-refractivity contribution in [2.24, 2.45) is 0 Å². The van der Waals surface area contributed by atoms with Gasteiger partial charge in [-0.25, -0.2) is 0 Å². The zero-order chi connectivity index (χ0) is 68.1. The molecule has 0 bridgehead atoms. The van der Waals surface area contributed by atoms with Crippen LogP contribution in [0.5, 0.6) is 23.0 Å². The van der Waals surface area contributed by atoms with Gasteiger partial charge in [-0.05, 0) is 168 Å². The van der Waals surface area contributed by atoms with Gasteiger partial charge in [0.05, 0.1) is 21.3 Å². The molecule has 0 spiro atoms. The largest absolute Gasteiger partial charge is 0.508 e. The molecule has 501 valence electrons. The van der Waals surface area contributed by atoms with Crippen molar-refractivity contribution >= 4 is 109 Å². The van der Waals surface area contributed by atoms with Crippen molar-refractivity contribution < 1.29 is 153 Å². The summed E-state index contributed by atoms with van der Waals surface area (Å²) in [6.45, 7) is 14.2. The van der Waals surface area contributed by atoms with Crippen LogP contribution in [0.3, 0.4) is 0 Å². The van der Waals surface area contributed by atoms with Crippen LogP contribution in [0.15, 0.2) is 287 Å². The van der Waals surface area contributed by atoms with Gasteiger partial charge in [-0.2, -0.15) is 0 Å². The van der Waals surface area contributed by atoms with E-state index in [1.807, 2.05) is 138 Å². The molecule has 0 aliphatic carbocycles. The Labute approximate surface area is 716 Å². The molecule has 14 rings (SSSR count). The van der Waals surface area contributed by atoms with Crippen LogP contribution in [0.1, 0.15) is 53.3 Å². The van der Waals surface area contributed by atoms with Gasteiger partial charge in [0.1, 0.15) is 23.0 Å². The van der Waals surface area contributed by atoms with Crippen LogP contribution >= 0.6 is 65.9 Å². The van der Waals surface area contributed by atoms with Crippen molar-refractivity contribution in [2.75, 3.05) is 21.3 Å². The Morgan fingerprint density at radius 3 is 1.07 bits per heavy atom. The van der Waals surface area contributed by atoms with Crippen LogP contribution in [0, 0.1) is 131 Å². The zero-order valence-corrected chi connectivity index (χ0v) is 74.9. The van der Waals surface area contributed by atoms with Gasteiger partial charge in [0.25, 0.3) is 0 Å². The van der Waals surface area contributed by atoms with Crippen LogP contribution in [0.2, 0.25) is 0 Å². The number of methoxy groups -OCH3 is 3. The molecule has 0 saturated heterocycles. The predicted octanol–water partition coefficient (Wildman–Crippen LogP) is 25.1. The van der Waals surface area contributed by atoms with Crippen LogP contribution in [0.4, 0.5) is 0 Å². The van der Waals surface area contributed by atoms with Crippen molar-refractivity contribution in [3.8, 4) is 89.8 Å². The van der Waals surface area contributed by atoms with Crippen LogP contribution in [-0.2, 0) is 6.42 Å². The minimum atomic E-state index is -1.42. The molecule has 15 heteroatoms. The number of fused-ring (bicyclic) bond motifs is 3. The van der Waals surface area contributed by atoms with E-state index in [4.69, 9.17) is 24.3 Å². The van der Waals surface area contributed by atoms with Gasteiger partial charge in [0.15, 0.2) is 0 Å². The molecule has 0 saturated carbocycles. The number of rotatable bonds is 11. The minimum absolute atomic E-state index is 0. The van der Waals surface area contributed by atoms with Gasteiger partial charge in [-0.3, -0.25) is 0 Å². The standard InChI is InChI=1S/C22H18OS.C21H16OS.C13H13BO3.C13H11BrO.C8H5BrS.3C2H6.CH3.3Pr/c1-2-20-22(19-5-3-4-6-21(19)24-20)17-9-7-15(8-10-17)16-11-13-18(23)14-12-16;1-22-18-12-10-16(11-13-18)15-6-8-17(9-7-15)20-14-23-21-5-3-2-4-19(20)21;1-17-13-8-4-11(5-9-13)10-2-6-12(7-3-10)14(15)16;1-15-13-8-4-11(5-9-13)10-2-6-12(14)7-3-10;9-7-5-10-8-4-2-1-3-6(7)8;3*1-2;;;;/h3-14,23H,2H2,1H3;2-14H,1H3;2-9,15-16H,1H3;2-9H,1H3;1-5H;3*1-2H3;1H3;;;/q;;;;;;;;-1;;;. The summed E-state index contributed by atoms with van der Waals surface area (Å²) in [5.41, 5.74) is 14.9. The van der Waals surface area contributed by atoms with Gasteiger partial charge in [-0.15, -0.1) is 34.0 Å². The Hall–Kier alpha value is -4.46. The third kappa shape index (κ3) is 25.7. The van der Waals surface area contributed by atoms with E-state index in [2.05, 4.69) is 207 Å². The molecule has 0 aliphatic rings. The SMILES string of the molecule is Brc1csc2ccccc12.CC.CC.CC.CCc1sc2ccccc2c1-c1ccc(-c2ccc(O)cc2)cc1.COc1ccc(-c2ccc(-c3csc4ccccc34)cc2)cc1.COc1ccc(-c2ccc(B(O)O)cc2)cc1.COc1ccc(-c2ccc(Br)cc2)cc1.[CH3-].[Pr].[Pr].[Pr]. The van der Waals surface area contributed by atoms with E-state index in [0.717, 1.165) is 50.4 Å². The van der Waals surface area contributed by atoms with E-state index in [-0.39, 0.29) is 131 Å². The molecule has 0 amide bonds. The molecule has 3 N–H and O–H groups in total. The minimum Gasteiger partial charge on any atom is -0.508 e. The number of benzene rings is 11. The average molecular weight is 1880 g/mol. The van der Waals surface area contributed by atoms with Crippen molar-refractivity contribution in [1.29, 1.82) is 0 Å². The monoisotopic (exact) mass is 1880 g/mol. The predicted molar refractivity (Wildman–Crippen MR) is 427 cm³/mol. The zero-order valence-electron chi connectivity index (χ0n) is 58.1. The van der Waals surface area contributed by atoms with Crippen molar-refractivity contribution in [3.63, 3.8) is 0 Å². The van der Waals surface area contributed by atoms with E-state index in [1.54, 1.807) is 68.3 Å². The fourth-order valence-corrected chi connectivity index (χ4v) is 14.0. The van der Waals surface area contributed by atoms with Crippen molar-refractivity contribution in [1.82, 2.24) is 0 Å². The maximum Gasteiger partial charge on any atom is 0.488 e. The average Bonchev–Trinajstić information content (AvgIpc) is 1.54. The molecule has 0 atom stereocenters. The summed E-state index contributed by atoms with van der Waals surface area (Å²) in [5, 5.41) is 35.8. The summed E-state index contributed by atoms with van der Waals surface area (Å²) < 4.78 is 21.8. The van der Waals surface area contributed by atoms with Gasteiger partial charge in [-0.1, -0.05) is 252 Å². The second-order valence-electron chi connectivity index (χ2n) is 20.4. The molecule has 3 aromatic heterocycles. The molecule has 3 heterocycles. The summed E-state index contributed by atoms with van der Waals surface area (Å²) in [6.07, 6.45) is 1.05. The van der Waals surface area contributed by atoms with E-state index in [9.17, 15) is 5.11 Å².